The fourth-order valence-electron chi connectivity index (χ4n) is 3.91. The average Bonchev–Trinajstić information content (AvgIpc) is 2.95. The molecule has 1 aromatic carbocycles. The van der Waals surface area contributed by atoms with E-state index < -0.39 is 36.2 Å². The second-order valence-electron chi connectivity index (χ2n) is 5.90. The topological polar surface area (TPSA) is 49.8 Å². The number of halogens is 1. The van der Waals surface area contributed by atoms with Gasteiger partial charge in [-0.25, -0.2) is 4.39 Å². The van der Waals surface area contributed by atoms with Crippen LogP contribution in [0.15, 0.2) is 30.3 Å². The molecule has 0 radical (unpaired) electrons. The van der Waals surface area contributed by atoms with Crippen LogP contribution in [0.25, 0.3) is 0 Å². The van der Waals surface area contributed by atoms with Crippen LogP contribution in [0.3, 0.4) is 0 Å². The molecule has 114 valence electrons. The molecule has 6 atom stereocenters. The van der Waals surface area contributed by atoms with E-state index in [-0.39, 0.29) is 6.04 Å². The van der Waals surface area contributed by atoms with E-state index in [1.807, 2.05) is 37.3 Å². The second-order valence-corrected chi connectivity index (χ2v) is 5.90. The van der Waals surface area contributed by atoms with Crippen molar-refractivity contribution in [3.8, 4) is 0 Å². The number of alkyl halides is 1. The van der Waals surface area contributed by atoms with Gasteiger partial charge in [0.25, 0.3) is 0 Å². The maximum absolute atomic E-state index is 14.5. The molecule has 2 aliphatic rings. The number of methoxy groups -OCH3 is 1. The lowest BCUT2D eigenvalue weighted by Gasteiger charge is -2.39. The number of esters is 1. The summed E-state index contributed by atoms with van der Waals surface area (Å²) in [5.41, 5.74) is 0.998. The van der Waals surface area contributed by atoms with Crippen LogP contribution in [-0.4, -0.2) is 47.4 Å². The highest BCUT2D eigenvalue weighted by Gasteiger charge is 2.62. The Kier molecular flexibility index (Phi) is 3.71. The molecular formula is C16H20FNO3. The van der Waals surface area contributed by atoms with Gasteiger partial charge in [0.15, 0.2) is 0 Å². The summed E-state index contributed by atoms with van der Waals surface area (Å²) in [7, 11) is 1.32. The highest BCUT2D eigenvalue weighted by molar-refractivity contribution is 5.77. The number of carbonyl (C=O) groups excluding carboxylic acids is 1. The number of hydrogen-bond acceptors (Lipinski definition) is 4. The monoisotopic (exact) mass is 293 g/mol. The van der Waals surface area contributed by atoms with Crippen molar-refractivity contribution in [2.75, 3.05) is 7.11 Å². The second kappa shape index (κ2) is 5.39. The quantitative estimate of drug-likeness (QED) is 0.862. The van der Waals surface area contributed by atoms with Gasteiger partial charge in [0.2, 0.25) is 0 Å². The number of benzene rings is 1. The number of likely N-dealkylation sites (tertiary alicyclic amines) is 1. The van der Waals surface area contributed by atoms with Crippen molar-refractivity contribution in [1.29, 1.82) is 0 Å². The third kappa shape index (κ3) is 2.15. The Hall–Kier alpha value is -1.46. The summed E-state index contributed by atoms with van der Waals surface area (Å²) in [6.45, 7) is 1.94. The van der Waals surface area contributed by atoms with E-state index in [1.54, 1.807) is 4.90 Å². The van der Waals surface area contributed by atoms with E-state index in [0.29, 0.717) is 6.42 Å². The van der Waals surface area contributed by atoms with Gasteiger partial charge >= 0.3 is 5.97 Å². The Morgan fingerprint density at radius 2 is 2.10 bits per heavy atom. The van der Waals surface area contributed by atoms with Gasteiger partial charge in [-0.1, -0.05) is 30.3 Å². The van der Waals surface area contributed by atoms with Crippen LogP contribution >= 0.6 is 0 Å². The Labute approximate surface area is 123 Å². The summed E-state index contributed by atoms with van der Waals surface area (Å²) < 4.78 is 19.3. The molecule has 0 amide bonds. The molecule has 1 N–H and O–H groups in total. The molecule has 0 aromatic heterocycles. The molecule has 0 spiro atoms. The number of aliphatic hydroxyl groups excluding tert-OH is 1. The maximum atomic E-state index is 14.5. The van der Waals surface area contributed by atoms with E-state index >= 15 is 0 Å². The summed E-state index contributed by atoms with van der Waals surface area (Å²) >= 11 is 0. The fourth-order valence-corrected chi connectivity index (χ4v) is 3.91. The predicted octanol–water partition coefficient (Wildman–Crippen LogP) is 1.69. The van der Waals surface area contributed by atoms with E-state index in [2.05, 4.69) is 0 Å². The number of rotatable bonds is 3. The summed E-state index contributed by atoms with van der Waals surface area (Å²) in [6.07, 6.45) is -1.59. The zero-order valence-corrected chi connectivity index (χ0v) is 12.1. The predicted molar refractivity (Wildman–Crippen MR) is 75.3 cm³/mol. The maximum Gasteiger partial charge on any atom is 0.323 e. The van der Waals surface area contributed by atoms with Crippen molar-refractivity contribution >= 4 is 5.97 Å². The normalized spacial score (nSPS) is 36.7. The smallest absolute Gasteiger partial charge is 0.323 e. The summed E-state index contributed by atoms with van der Waals surface area (Å²) in [5, 5.41) is 10.1. The van der Waals surface area contributed by atoms with Crippen molar-refractivity contribution in [1.82, 2.24) is 4.90 Å². The molecule has 1 aliphatic carbocycles. The van der Waals surface area contributed by atoms with Gasteiger partial charge in [-0.3, -0.25) is 9.69 Å². The number of fused-ring (bicyclic) bond motifs is 2. The minimum absolute atomic E-state index is 0.154. The van der Waals surface area contributed by atoms with Crippen molar-refractivity contribution in [2.24, 2.45) is 5.92 Å². The molecule has 2 fully saturated rings. The van der Waals surface area contributed by atoms with E-state index in [1.165, 1.54) is 7.11 Å². The van der Waals surface area contributed by atoms with Crippen molar-refractivity contribution in [3.05, 3.63) is 35.9 Å². The van der Waals surface area contributed by atoms with Crippen LogP contribution in [0.1, 0.15) is 24.9 Å². The SMILES string of the molecule is COC(=O)[C@@H]1[C@@H]2C[C@@H](O)C([C@H]2F)N1C(C)c1ccccc1. The number of ether oxygens (including phenoxy) is 1. The largest absolute Gasteiger partial charge is 0.468 e. The number of piperidine rings is 1. The van der Waals surface area contributed by atoms with Gasteiger partial charge in [-0.15, -0.1) is 0 Å². The van der Waals surface area contributed by atoms with Crippen LogP contribution in [-0.2, 0) is 9.53 Å². The number of carbonyl (C=O) groups is 1. The van der Waals surface area contributed by atoms with Crippen LogP contribution in [0.2, 0.25) is 0 Å². The third-order valence-electron chi connectivity index (χ3n) is 4.89. The zero-order valence-electron chi connectivity index (χ0n) is 12.1. The fraction of sp³-hybridized carbons (Fsp3) is 0.562. The minimum Gasteiger partial charge on any atom is -0.468 e. The first-order chi connectivity index (χ1) is 10.1. The minimum atomic E-state index is -1.18. The lowest BCUT2D eigenvalue weighted by atomic mass is 9.94. The Balaban J connectivity index is 1.95. The van der Waals surface area contributed by atoms with Gasteiger partial charge in [0, 0.05) is 12.0 Å². The molecule has 1 aliphatic heterocycles. The summed E-state index contributed by atoms with van der Waals surface area (Å²) in [6, 6.07) is 8.24. The number of hydrogen-bond donors (Lipinski definition) is 1. The van der Waals surface area contributed by atoms with Crippen molar-refractivity contribution in [3.63, 3.8) is 0 Å². The molecule has 2 bridgehead atoms. The van der Waals surface area contributed by atoms with Gasteiger partial charge in [0.1, 0.15) is 12.2 Å². The lowest BCUT2D eigenvalue weighted by Crippen LogP contribution is -2.52. The van der Waals surface area contributed by atoms with E-state index in [0.717, 1.165) is 5.56 Å². The third-order valence-corrected chi connectivity index (χ3v) is 4.89. The molecule has 5 heteroatoms. The molecule has 3 rings (SSSR count). The van der Waals surface area contributed by atoms with Crippen LogP contribution in [0.4, 0.5) is 4.39 Å². The standard InChI is InChI=1S/C16H20FNO3/c1-9(10-6-4-3-5-7-10)18-14(16(20)21-2)11-8-12(19)15(18)13(11)17/h3-7,9,11-15,19H,8H2,1-2H3/t9?,11-,12-,13+,14+,15?/m1/s1. The molecular weight excluding hydrogens is 273 g/mol. The van der Waals surface area contributed by atoms with Crippen LogP contribution < -0.4 is 0 Å². The summed E-state index contributed by atoms with van der Waals surface area (Å²) in [4.78, 5) is 13.9. The highest BCUT2D eigenvalue weighted by Crippen LogP contribution is 2.48. The van der Waals surface area contributed by atoms with Gasteiger partial charge < -0.3 is 9.84 Å². The molecule has 1 saturated carbocycles. The molecule has 4 nitrogen and oxygen atoms in total. The Morgan fingerprint density at radius 3 is 2.71 bits per heavy atom. The zero-order chi connectivity index (χ0) is 15.1. The number of nitrogens with zero attached hydrogens (tertiary/aromatic N) is 1. The first-order valence-electron chi connectivity index (χ1n) is 7.28. The molecule has 2 unspecified atom stereocenters. The van der Waals surface area contributed by atoms with Crippen LogP contribution in [0.5, 0.6) is 0 Å². The Bertz CT molecular complexity index is 524. The molecule has 1 aromatic rings. The van der Waals surface area contributed by atoms with Gasteiger partial charge in [-0.05, 0) is 18.9 Å². The molecule has 1 heterocycles. The molecule has 21 heavy (non-hydrogen) atoms. The van der Waals surface area contributed by atoms with E-state index in [4.69, 9.17) is 4.74 Å². The summed E-state index contributed by atoms with van der Waals surface area (Å²) in [5.74, 6) is -0.900. The molecule has 1 saturated heterocycles. The Morgan fingerprint density at radius 1 is 1.43 bits per heavy atom. The van der Waals surface area contributed by atoms with E-state index in [9.17, 15) is 14.3 Å². The lowest BCUT2D eigenvalue weighted by molar-refractivity contribution is -0.151. The van der Waals surface area contributed by atoms with Crippen molar-refractivity contribution < 1.29 is 19.0 Å². The highest BCUT2D eigenvalue weighted by atomic mass is 19.1. The first-order valence-corrected chi connectivity index (χ1v) is 7.28. The van der Waals surface area contributed by atoms with Gasteiger partial charge in [-0.2, -0.15) is 0 Å². The first kappa shape index (κ1) is 14.5. The van der Waals surface area contributed by atoms with Crippen molar-refractivity contribution in [2.45, 2.75) is 43.7 Å². The van der Waals surface area contributed by atoms with Gasteiger partial charge in [0.05, 0.1) is 19.3 Å². The van der Waals surface area contributed by atoms with Crippen LogP contribution in [0, 0.1) is 5.92 Å². The number of aliphatic hydroxyl groups is 1. The average molecular weight is 293 g/mol.